The Hall–Kier alpha value is -3.00. The number of rotatable bonds is 6. The predicted octanol–water partition coefficient (Wildman–Crippen LogP) is 3.71. The van der Waals surface area contributed by atoms with Crippen molar-refractivity contribution in [2.45, 2.75) is 18.0 Å². The smallest absolute Gasteiger partial charge is 0.227 e. The van der Waals surface area contributed by atoms with Crippen LogP contribution in [-0.4, -0.2) is 39.2 Å². The highest BCUT2D eigenvalue weighted by atomic mass is 32.2. The topological polar surface area (TPSA) is 79.0 Å². The van der Waals surface area contributed by atoms with Gasteiger partial charge in [0.15, 0.2) is 11.6 Å². The number of hydrogen-bond donors (Lipinski definition) is 1. The zero-order valence-corrected chi connectivity index (χ0v) is 15.7. The lowest BCUT2D eigenvalue weighted by Gasteiger charge is -2.15. The first kappa shape index (κ1) is 18.4. The van der Waals surface area contributed by atoms with Gasteiger partial charge < -0.3 is 4.90 Å². The van der Waals surface area contributed by atoms with Gasteiger partial charge in [0.05, 0.1) is 11.3 Å². The first-order valence-electron chi connectivity index (χ1n) is 8.85. The molecule has 1 fully saturated rings. The molecule has 28 heavy (non-hydrogen) atoms. The molecule has 142 valence electrons. The summed E-state index contributed by atoms with van der Waals surface area (Å²) >= 11 is 1.18. The van der Waals surface area contributed by atoms with Gasteiger partial charge in [0.1, 0.15) is 5.82 Å². The summed E-state index contributed by atoms with van der Waals surface area (Å²) in [5.74, 6) is 0.151. The van der Waals surface area contributed by atoms with Gasteiger partial charge in [-0.2, -0.15) is 0 Å². The maximum Gasteiger partial charge on any atom is 0.227 e. The number of nitrogens with zero attached hydrogens (tertiary/aromatic N) is 3. The van der Waals surface area contributed by atoms with Gasteiger partial charge >= 0.3 is 0 Å². The summed E-state index contributed by atoms with van der Waals surface area (Å²) in [6.45, 7) is 0.719. The molecule has 0 spiro atoms. The van der Waals surface area contributed by atoms with Crippen molar-refractivity contribution in [3.05, 3.63) is 59.9 Å². The van der Waals surface area contributed by atoms with Crippen molar-refractivity contribution in [1.29, 1.82) is 0 Å². The second-order valence-corrected chi connectivity index (χ2v) is 7.30. The quantitative estimate of drug-likeness (QED) is 0.508. The molecule has 0 saturated carbocycles. The van der Waals surface area contributed by atoms with Crippen LogP contribution in [0.5, 0.6) is 0 Å². The summed E-state index contributed by atoms with van der Waals surface area (Å²) in [6, 6.07) is 13.3. The average Bonchev–Trinajstić information content (AvgIpc) is 3.36. The van der Waals surface area contributed by atoms with Crippen LogP contribution in [0.25, 0.3) is 11.4 Å². The van der Waals surface area contributed by atoms with Crippen LogP contribution < -0.4 is 4.90 Å². The molecule has 1 N–H and O–H groups in total. The Labute approximate surface area is 165 Å². The fraction of sp³-hybridized carbons (Fsp3) is 0.200. The van der Waals surface area contributed by atoms with Crippen molar-refractivity contribution in [3.8, 4) is 11.4 Å². The molecule has 0 bridgehead atoms. The first-order chi connectivity index (χ1) is 13.6. The number of benzene rings is 2. The lowest BCUT2D eigenvalue weighted by molar-refractivity contribution is -0.117. The van der Waals surface area contributed by atoms with E-state index in [0.717, 1.165) is 18.7 Å². The van der Waals surface area contributed by atoms with Crippen molar-refractivity contribution in [2.75, 3.05) is 17.2 Å². The van der Waals surface area contributed by atoms with Gasteiger partial charge in [-0.1, -0.05) is 23.9 Å². The number of nitrogens with one attached hydrogen (secondary N) is 1. The molecule has 2 aromatic carbocycles. The van der Waals surface area contributed by atoms with E-state index in [1.54, 1.807) is 47.4 Å². The zero-order chi connectivity index (χ0) is 19.5. The van der Waals surface area contributed by atoms with E-state index in [2.05, 4.69) is 15.2 Å². The predicted molar refractivity (Wildman–Crippen MR) is 105 cm³/mol. The van der Waals surface area contributed by atoms with Gasteiger partial charge in [0.2, 0.25) is 11.1 Å². The molecule has 0 atom stereocenters. The Morgan fingerprint density at radius 2 is 1.96 bits per heavy atom. The fourth-order valence-electron chi connectivity index (χ4n) is 3.05. The number of carbonyl (C=O) groups is 2. The normalized spacial score (nSPS) is 13.9. The van der Waals surface area contributed by atoms with E-state index in [4.69, 9.17) is 0 Å². The number of carbonyl (C=O) groups excluding carboxylic acids is 2. The summed E-state index contributed by atoms with van der Waals surface area (Å²) in [7, 11) is 0. The van der Waals surface area contributed by atoms with E-state index in [1.165, 1.54) is 17.8 Å². The Balaban J connectivity index is 1.38. The summed E-state index contributed by atoms with van der Waals surface area (Å²) in [4.78, 5) is 30.2. The number of thioether (sulfide) groups is 1. The van der Waals surface area contributed by atoms with Gasteiger partial charge in [0, 0.05) is 24.2 Å². The maximum absolute atomic E-state index is 13.8. The Kier molecular flexibility index (Phi) is 5.21. The highest BCUT2D eigenvalue weighted by molar-refractivity contribution is 7.99. The van der Waals surface area contributed by atoms with Crippen LogP contribution in [0.1, 0.15) is 23.2 Å². The minimum atomic E-state index is -0.386. The second-order valence-electron chi connectivity index (χ2n) is 6.35. The van der Waals surface area contributed by atoms with E-state index in [0.29, 0.717) is 28.5 Å². The van der Waals surface area contributed by atoms with Crippen molar-refractivity contribution in [3.63, 3.8) is 0 Å². The summed E-state index contributed by atoms with van der Waals surface area (Å²) in [6.07, 6.45) is 1.44. The molecule has 1 amide bonds. The summed E-state index contributed by atoms with van der Waals surface area (Å²) in [5.41, 5.74) is 1.71. The zero-order valence-electron chi connectivity index (χ0n) is 14.9. The van der Waals surface area contributed by atoms with Gasteiger partial charge in [-0.25, -0.2) is 9.37 Å². The Morgan fingerprint density at radius 1 is 1.18 bits per heavy atom. The van der Waals surface area contributed by atoms with Crippen molar-refractivity contribution in [2.24, 2.45) is 0 Å². The third kappa shape index (κ3) is 3.82. The fourth-order valence-corrected chi connectivity index (χ4v) is 3.74. The molecule has 0 aliphatic carbocycles. The number of hydrogen-bond acceptors (Lipinski definition) is 5. The minimum absolute atomic E-state index is 0.0680. The Bertz CT molecular complexity index is 1020. The molecule has 8 heteroatoms. The van der Waals surface area contributed by atoms with Gasteiger partial charge in [-0.15, -0.1) is 5.10 Å². The number of amides is 1. The second kappa shape index (κ2) is 7.93. The number of H-pyrrole nitrogens is 1. The molecule has 1 saturated heterocycles. The summed E-state index contributed by atoms with van der Waals surface area (Å²) in [5, 5.41) is 7.12. The van der Waals surface area contributed by atoms with Gasteiger partial charge in [-0.05, 0) is 42.8 Å². The van der Waals surface area contributed by atoms with E-state index in [1.807, 2.05) is 0 Å². The van der Waals surface area contributed by atoms with Crippen molar-refractivity contribution >= 4 is 29.1 Å². The van der Waals surface area contributed by atoms with E-state index >= 15 is 0 Å². The molecule has 1 aliphatic rings. The summed E-state index contributed by atoms with van der Waals surface area (Å²) < 4.78 is 13.8. The molecule has 0 unspecified atom stereocenters. The molecular formula is C20H17FN4O2S. The number of aromatic nitrogens is 3. The van der Waals surface area contributed by atoms with E-state index in [-0.39, 0.29) is 23.3 Å². The third-order valence-corrected chi connectivity index (χ3v) is 5.35. The van der Waals surface area contributed by atoms with Crippen LogP contribution in [-0.2, 0) is 4.79 Å². The largest absolute Gasteiger partial charge is 0.312 e. The molecule has 6 nitrogen and oxygen atoms in total. The van der Waals surface area contributed by atoms with Crippen molar-refractivity contribution in [1.82, 2.24) is 15.2 Å². The van der Waals surface area contributed by atoms with Crippen LogP contribution in [0.15, 0.2) is 53.7 Å². The van der Waals surface area contributed by atoms with Crippen LogP contribution >= 0.6 is 11.8 Å². The highest BCUT2D eigenvalue weighted by Gasteiger charge is 2.21. The number of anilines is 1. The van der Waals surface area contributed by atoms with Gasteiger partial charge in [0.25, 0.3) is 0 Å². The number of aromatic amines is 1. The molecule has 1 aromatic heterocycles. The first-order valence-corrected chi connectivity index (χ1v) is 9.84. The molecular weight excluding hydrogens is 379 g/mol. The molecule has 4 rings (SSSR count). The molecule has 2 heterocycles. The number of ketones is 1. The molecule has 3 aromatic rings. The third-order valence-electron chi connectivity index (χ3n) is 4.50. The molecule has 0 radical (unpaired) electrons. The lowest BCUT2D eigenvalue weighted by atomic mass is 10.1. The van der Waals surface area contributed by atoms with Crippen LogP contribution in [0, 0.1) is 5.82 Å². The average molecular weight is 396 g/mol. The lowest BCUT2D eigenvalue weighted by Crippen LogP contribution is -2.23. The minimum Gasteiger partial charge on any atom is -0.312 e. The van der Waals surface area contributed by atoms with E-state index in [9.17, 15) is 14.0 Å². The van der Waals surface area contributed by atoms with E-state index < -0.39 is 0 Å². The Morgan fingerprint density at radius 3 is 2.68 bits per heavy atom. The standard InChI is InChI=1S/C20H17FN4O2S/c21-16-5-2-1-4-15(16)19-22-20(24-23-19)28-12-17(26)13-7-9-14(10-8-13)25-11-3-6-18(25)27/h1-2,4-5,7-10H,3,6,11-12H2,(H,22,23,24). The maximum atomic E-state index is 13.8. The highest BCUT2D eigenvalue weighted by Crippen LogP contribution is 2.24. The van der Waals surface area contributed by atoms with Crippen LogP contribution in [0.2, 0.25) is 0 Å². The monoisotopic (exact) mass is 396 g/mol. The van der Waals surface area contributed by atoms with Crippen LogP contribution in [0.3, 0.4) is 0 Å². The van der Waals surface area contributed by atoms with Crippen molar-refractivity contribution < 1.29 is 14.0 Å². The SMILES string of the molecule is O=C(CSc1n[nH]c(-c2ccccc2F)n1)c1ccc(N2CCCC2=O)cc1. The van der Waals surface area contributed by atoms with Crippen LogP contribution in [0.4, 0.5) is 10.1 Å². The van der Waals surface area contributed by atoms with Gasteiger partial charge in [-0.3, -0.25) is 14.7 Å². The number of Topliss-reactive ketones (excluding diaryl/α,β-unsaturated/α-hetero) is 1. The number of halogens is 1. The molecule has 1 aliphatic heterocycles.